The van der Waals surface area contributed by atoms with Crippen molar-refractivity contribution < 1.29 is 5.11 Å². The lowest BCUT2D eigenvalue weighted by Crippen LogP contribution is -2.00. The van der Waals surface area contributed by atoms with Gasteiger partial charge in [-0.25, -0.2) is 15.0 Å². The molecule has 272 valence electrons. The van der Waals surface area contributed by atoms with Crippen LogP contribution in [0.4, 0.5) is 0 Å². The topological polar surface area (TPSA) is 68.8 Å². The molecular formula is C51H31N5OS. The number of rotatable bonds is 5. The molecule has 0 radical (unpaired) electrons. The number of hydrogen-bond donors (Lipinski definition) is 1. The summed E-state index contributed by atoms with van der Waals surface area (Å²) in [7, 11) is 0. The monoisotopic (exact) mass is 761 g/mol. The third-order valence-corrected chi connectivity index (χ3v) is 12.5. The van der Waals surface area contributed by atoms with E-state index in [1.807, 2.05) is 66.7 Å². The average molecular weight is 762 g/mol. The lowest BCUT2D eigenvalue weighted by atomic mass is 10.0. The summed E-state index contributed by atoms with van der Waals surface area (Å²) in [6, 6.07) is 63.0. The molecule has 12 aromatic rings. The first-order chi connectivity index (χ1) is 28.7. The highest BCUT2D eigenvalue weighted by Crippen LogP contribution is 2.45. The van der Waals surface area contributed by atoms with Crippen molar-refractivity contribution in [1.82, 2.24) is 24.1 Å². The van der Waals surface area contributed by atoms with Gasteiger partial charge in [-0.3, -0.25) is 0 Å². The zero-order valence-corrected chi connectivity index (χ0v) is 31.7. The fourth-order valence-corrected chi connectivity index (χ4v) is 9.86. The summed E-state index contributed by atoms with van der Waals surface area (Å²) in [5.41, 5.74) is 9.48. The zero-order chi connectivity index (χ0) is 38.3. The number of phenolic OH excluding ortho intramolecular Hbond substituents is 1. The molecule has 6 nitrogen and oxygen atoms in total. The van der Waals surface area contributed by atoms with Gasteiger partial charge in [-0.15, -0.1) is 11.3 Å². The summed E-state index contributed by atoms with van der Waals surface area (Å²) in [6.45, 7) is 0. The van der Waals surface area contributed by atoms with E-state index in [2.05, 4.69) is 118 Å². The van der Waals surface area contributed by atoms with E-state index in [0.717, 1.165) is 59.3 Å². The summed E-state index contributed by atoms with van der Waals surface area (Å²) in [5.74, 6) is 1.99. The Labute approximate surface area is 336 Å². The minimum Gasteiger partial charge on any atom is -0.506 e. The second-order valence-corrected chi connectivity index (χ2v) is 15.6. The number of phenols is 1. The summed E-state index contributed by atoms with van der Waals surface area (Å²) >= 11 is 1.59. The van der Waals surface area contributed by atoms with Gasteiger partial charge in [-0.2, -0.15) is 0 Å². The van der Waals surface area contributed by atoms with Crippen molar-refractivity contribution in [2.75, 3.05) is 0 Å². The van der Waals surface area contributed by atoms with Crippen molar-refractivity contribution in [3.05, 3.63) is 182 Å². The highest BCUT2D eigenvalue weighted by Gasteiger charge is 2.21. The van der Waals surface area contributed by atoms with Gasteiger partial charge < -0.3 is 14.2 Å². The Hall–Kier alpha value is -7.61. The SMILES string of the molecule is Oc1ccc(-c2nc(-c3ccccc3)nc(-c3ccccc3)n2)c2c1sc1cc(-n3c4ccccc4c4cc(-n5c6ccccc6c6ccccc65)ccc43)ccc12. The fraction of sp³-hybridized carbons (Fsp3) is 0. The molecule has 0 fully saturated rings. The van der Waals surface area contributed by atoms with Crippen molar-refractivity contribution in [1.29, 1.82) is 0 Å². The molecule has 0 atom stereocenters. The van der Waals surface area contributed by atoms with E-state index in [1.54, 1.807) is 17.4 Å². The van der Waals surface area contributed by atoms with Crippen molar-refractivity contribution in [3.63, 3.8) is 0 Å². The third kappa shape index (κ3) is 4.94. The molecule has 0 unspecified atom stereocenters. The number of para-hydroxylation sites is 3. The molecule has 58 heavy (non-hydrogen) atoms. The van der Waals surface area contributed by atoms with E-state index in [4.69, 9.17) is 15.0 Å². The molecule has 0 spiro atoms. The van der Waals surface area contributed by atoms with Crippen molar-refractivity contribution in [3.8, 4) is 51.3 Å². The number of hydrogen-bond acceptors (Lipinski definition) is 5. The van der Waals surface area contributed by atoms with Crippen molar-refractivity contribution >= 4 is 75.1 Å². The molecule has 4 aromatic heterocycles. The standard InChI is InChI=1S/C51H31N5OS/c57-45-28-26-39(51-53-49(31-13-3-1-4-14-31)52-50(54-51)32-15-5-2-6-16-32)47-38-25-23-34(30-46(38)58-48(45)47)56-43-22-12-9-19-37(43)40-29-33(24-27-44(40)56)55-41-20-10-7-17-35(41)36-18-8-11-21-42(36)55/h1-30,57H. The van der Waals surface area contributed by atoms with Crippen LogP contribution in [0.2, 0.25) is 0 Å². The number of thiophene rings is 1. The molecule has 0 saturated carbocycles. The first-order valence-electron chi connectivity index (χ1n) is 19.3. The zero-order valence-electron chi connectivity index (χ0n) is 30.9. The van der Waals surface area contributed by atoms with Gasteiger partial charge in [0, 0.05) is 65.1 Å². The Kier molecular flexibility index (Phi) is 7.15. The molecule has 4 heterocycles. The Morgan fingerprint density at radius 2 is 0.879 bits per heavy atom. The van der Waals surface area contributed by atoms with Crippen LogP contribution in [-0.2, 0) is 0 Å². The lowest BCUT2D eigenvalue weighted by molar-refractivity contribution is 0.482. The molecule has 0 aliphatic heterocycles. The number of aromatic hydroxyl groups is 1. The quantitative estimate of drug-likeness (QED) is 0.190. The number of aromatic nitrogens is 5. The maximum atomic E-state index is 11.3. The molecule has 12 rings (SSSR count). The summed E-state index contributed by atoms with van der Waals surface area (Å²) in [6.07, 6.45) is 0. The molecule has 0 amide bonds. The third-order valence-electron chi connectivity index (χ3n) is 11.3. The number of benzene rings is 8. The summed E-state index contributed by atoms with van der Waals surface area (Å²) in [5, 5.41) is 18.2. The van der Waals surface area contributed by atoms with Crippen LogP contribution in [0.3, 0.4) is 0 Å². The predicted octanol–water partition coefficient (Wildman–Crippen LogP) is 13.1. The van der Waals surface area contributed by atoms with Gasteiger partial charge in [0.1, 0.15) is 5.75 Å². The summed E-state index contributed by atoms with van der Waals surface area (Å²) < 4.78 is 6.59. The van der Waals surface area contributed by atoms with Crippen LogP contribution in [0.1, 0.15) is 0 Å². The van der Waals surface area contributed by atoms with Gasteiger partial charge in [0.25, 0.3) is 0 Å². The normalized spacial score (nSPS) is 11.9. The van der Waals surface area contributed by atoms with Crippen LogP contribution in [0.25, 0.3) is 109 Å². The van der Waals surface area contributed by atoms with Crippen LogP contribution in [0.15, 0.2) is 182 Å². The highest BCUT2D eigenvalue weighted by atomic mass is 32.1. The van der Waals surface area contributed by atoms with E-state index in [9.17, 15) is 5.11 Å². The molecule has 0 aliphatic rings. The van der Waals surface area contributed by atoms with Crippen molar-refractivity contribution in [2.45, 2.75) is 0 Å². The molecule has 0 bridgehead atoms. The smallest absolute Gasteiger partial charge is 0.164 e. The Bertz CT molecular complexity index is 3470. The highest BCUT2D eigenvalue weighted by molar-refractivity contribution is 7.26. The van der Waals surface area contributed by atoms with Crippen LogP contribution in [-0.4, -0.2) is 29.2 Å². The van der Waals surface area contributed by atoms with Gasteiger partial charge in [-0.1, -0.05) is 121 Å². The van der Waals surface area contributed by atoms with Gasteiger partial charge in [-0.05, 0) is 60.7 Å². The van der Waals surface area contributed by atoms with E-state index in [-0.39, 0.29) is 5.75 Å². The first-order valence-corrected chi connectivity index (χ1v) is 20.1. The van der Waals surface area contributed by atoms with Crippen molar-refractivity contribution in [2.24, 2.45) is 0 Å². The minimum absolute atomic E-state index is 0.233. The van der Waals surface area contributed by atoms with Gasteiger partial charge in [0.15, 0.2) is 17.5 Å². The molecular weight excluding hydrogens is 731 g/mol. The van der Waals surface area contributed by atoms with Gasteiger partial charge in [0.05, 0.1) is 26.8 Å². The van der Waals surface area contributed by atoms with E-state index >= 15 is 0 Å². The summed E-state index contributed by atoms with van der Waals surface area (Å²) in [4.78, 5) is 15.0. The number of fused-ring (bicyclic) bond motifs is 9. The van der Waals surface area contributed by atoms with Gasteiger partial charge in [0.2, 0.25) is 0 Å². The van der Waals surface area contributed by atoms with Crippen LogP contribution >= 0.6 is 11.3 Å². The Morgan fingerprint density at radius 3 is 1.48 bits per heavy atom. The fourth-order valence-electron chi connectivity index (χ4n) is 8.69. The van der Waals surface area contributed by atoms with Crippen LogP contribution in [0, 0.1) is 0 Å². The minimum atomic E-state index is 0.233. The van der Waals surface area contributed by atoms with E-state index < -0.39 is 0 Å². The predicted molar refractivity (Wildman–Crippen MR) is 239 cm³/mol. The Balaban J connectivity index is 1.04. The average Bonchev–Trinajstić information content (AvgIpc) is 3.95. The second-order valence-electron chi connectivity index (χ2n) is 14.6. The lowest BCUT2D eigenvalue weighted by Gasteiger charge is -2.11. The maximum Gasteiger partial charge on any atom is 0.164 e. The molecule has 1 N–H and O–H groups in total. The first kappa shape index (κ1) is 32.6. The molecule has 8 aromatic carbocycles. The molecule has 7 heteroatoms. The van der Waals surface area contributed by atoms with Gasteiger partial charge >= 0.3 is 0 Å². The molecule has 0 aliphatic carbocycles. The van der Waals surface area contributed by atoms with Crippen LogP contribution < -0.4 is 0 Å². The largest absolute Gasteiger partial charge is 0.506 e. The van der Waals surface area contributed by atoms with Crippen LogP contribution in [0.5, 0.6) is 5.75 Å². The van der Waals surface area contributed by atoms with E-state index in [0.29, 0.717) is 17.5 Å². The Morgan fingerprint density at radius 1 is 0.397 bits per heavy atom. The number of nitrogens with zero attached hydrogens (tertiary/aromatic N) is 5. The van der Waals surface area contributed by atoms with E-state index in [1.165, 1.54) is 32.6 Å². The second kappa shape index (κ2) is 12.7. The maximum absolute atomic E-state index is 11.3. The molecule has 0 saturated heterocycles.